The smallest absolute Gasteiger partial charge is 0.201 e. The molecule has 2 aliphatic carbocycles. The number of fused-ring (bicyclic) bond motifs is 5. The third-order valence-electron chi connectivity index (χ3n) is 8.83. The lowest BCUT2D eigenvalue weighted by molar-refractivity contribution is 0.439. The normalized spacial score (nSPS) is 31.5. The molecule has 3 saturated heterocycles. The Labute approximate surface area is 182 Å². The minimum Gasteiger partial charge on any atom is -0.366 e. The first kappa shape index (κ1) is 17.7. The van der Waals surface area contributed by atoms with Gasteiger partial charge in [-0.05, 0) is 61.8 Å². The lowest BCUT2D eigenvalue weighted by atomic mass is 10.0. The fourth-order valence-electron chi connectivity index (χ4n) is 6.84. The lowest BCUT2D eigenvalue weighted by Gasteiger charge is -2.36. The summed E-state index contributed by atoms with van der Waals surface area (Å²) in [6.45, 7) is 7.31. The van der Waals surface area contributed by atoms with Crippen LogP contribution in [0.25, 0.3) is 20.8 Å². The van der Waals surface area contributed by atoms with Crippen LogP contribution in [0.2, 0.25) is 0 Å². The number of aromatic nitrogens is 1. The Morgan fingerprint density at radius 1 is 0.967 bits per heavy atom. The topological polar surface area (TPSA) is 19.1 Å². The molecule has 0 aromatic heterocycles. The Bertz CT molecular complexity index is 1180. The molecule has 4 atom stereocenters. The van der Waals surface area contributed by atoms with Crippen molar-refractivity contribution in [2.24, 2.45) is 17.3 Å². The molecule has 1 saturated carbocycles. The van der Waals surface area contributed by atoms with Crippen LogP contribution in [0.3, 0.4) is 0 Å². The van der Waals surface area contributed by atoms with Crippen LogP contribution in [0.15, 0.2) is 36.4 Å². The number of hydrogen-bond acceptors (Lipinski definition) is 3. The molecule has 7 rings (SSSR count). The van der Waals surface area contributed by atoms with Crippen LogP contribution in [0, 0.1) is 17.3 Å². The predicted octanol–water partition coefficient (Wildman–Crippen LogP) is 4.98. The zero-order valence-electron chi connectivity index (χ0n) is 18.0. The Morgan fingerprint density at radius 2 is 1.73 bits per heavy atom. The van der Waals surface area contributed by atoms with E-state index in [4.69, 9.17) is 4.98 Å². The van der Waals surface area contributed by atoms with E-state index in [2.05, 4.69) is 59.7 Å². The van der Waals surface area contributed by atoms with E-state index in [1.54, 1.807) is 0 Å². The maximum atomic E-state index is 5.01. The molecular formula is C26H30N3S+. The van der Waals surface area contributed by atoms with Crippen molar-refractivity contribution in [2.75, 3.05) is 18.0 Å². The van der Waals surface area contributed by atoms with Crippen LogP contribution in [-0.4, -0.2) is 30.2 Å². The van der Waals surface area contributed by atoms with Gasteiger partial charge in [-0.1, -0.05) is 13.8 Å². The van der Waals surface area contributed by atoms with Gasteiger partial charge >= 0.3 is 0 Å². The molecule has 0 spiro atoms. The third kappa shape index (κ3) is 2.49. The summed E-state index contributed by atoms with van der Waals surface area (Å²) in [5.74, 6) is 1.77. The second-order valence-corrected chi connectivity index (χ2v) is 11.8. The first-order valence-electron chi connectivity index (χ1n) is 11.8. The molecular weight excluding hydrogens is 386 g/mol. The van der Waals surface area contributed by atoms with Crippen molar-refractivity contribution in [1.82, 2.24) is 9.56 Å². The summed E-state index contributed by atoms with van der Waals surface area (Å²) in [4.78, 5) is 9.05. The largest absolute Gasteiger partial charge is 0.366 e. The zero-order valence-corrected chi connectivity index (χ0v) is 18.8. The molecule has 30 heavy (non-hydrogen) atoms. The van der Waals surface area contributed by atoms with Gasteiger partial charge in [0.2, 0.25) is 5.36 Å². The summed E-state index contributed by atoms with van der Waals surface area (Å²) in [5.41, 5.74) is 4.26. The average Bonchev–Trinajstić information content (AvgIpc) is 3.06. The van der Waals surface area contributed by atoms with E-state index < -0.39 is 0 Å². The van der Waals surface area contributed by atoms with Crippen LogP contribution in [0.1, 0.15) is 46.0 Å². The van der Waals surface area contributed by atoms with Crippen molar-refractivity contribution in [3.63, 3.8) is 0 Å². The lowest BCUT2D eigenvalue weighted by Crippen LogP contribution is -2.39. The van der Waals surface area contributed by atoms with Gasteiger partial charge in [-0.2, -0.15) is 0 Å². The maximum Gasteiger partial charge on any atom is 0.201 e. The molecule has 154 valence electrons. The summed E-state index contributed by atoms with van der Waals surface area (Å²) in [7, 11) is 0. The van der Waals surface area contributed by atoms with Crippen LogP contribution < -0.4 is 14.8 Å². The number of benzene rings is 2. The Kier molecular flexibility index (Phi) is 3.58. The fraction of sp³-hybridized carbons (Fsp3) is 0.538. The number of piperidine rings is 2. The SMILES string of the molecule is CC1(C)C2C[N+](=c3ccc4nc5ccc(N6C7CCCC6CC7)cc5sc-4c3)CC21. The van der Waals surface area contributed by atoms with Gasteiger partial charge in [0.1, 0.15) is 13.1 Å². The van der Waals surface area contributed by atoms with E-state index in [0.717, 1.165) is 35.1 Å². The van der Waals surface area contributed by atoms with Crippen molar-refractivity contribution >= 4 is 27.2 Å². The minimum absolute atomic E-state index is 0.567. The van der Waals surface area contributed by atoms with Crippen LogP contribution in [-0.2, 0) is 0 Å². The highest BCUT2D eigenvalue weighted by Gasteiger charge is 2.65. The zero-order chi connectivity index (χ0) is 20.0. The van der Waals surface area contributed by atoms with Crippen molar-refractivity contribution in [1.29, 1.82) is 0 Å². The number of nitrogens with zero attached hydrogens (tertiary/aromatic N) is 3. The van der Waals surface area contributed by atoms with Crippen molar-refractivity contribution in [3.05, 3.63) is 41.8 Å². The standard InChI is InChI=1S/C26H30N3S/c1-26(2)20-14-28(15-21(20)26)18-8-10-22-24(12-18)30-25-13-19(9-11-23(25)27-22)29-16-4-3-5-17(29)7-6-16/h8-13,16-17,20-21H,3-7,14-15H2,1-2H3/q+1. The molecule has 4 heteroatoms. The fourth-order valence-corrected chi connectivity index (χ4v) is 7.87. The molecule has 4 fully saturated rings. The van der Waals surface area contributed by atoms with Crippen LogP contribution in [0.4, 0.5) is 5.69 Å². The molecule has 0 amide bonds. The van der Waals surface area contributed by atoms with E-state index in [1.165, 1.54) is 65.8 Å². The summed E-state index contributed by atoms with van der Waals surface area (Å²) < 4.78 is 3.92. The first-order valence-corrected chi connectivity index (χ1v) is 12.6. The van der Waals surface area contributed by atoms with Gasteiger partial charge in [-0.25, -0.2) is 9.56 Å². The number of anilines is 1. The molecule has 0 radical (unpaired) electrons. The molecule has 1 aromatic rings. The monoisotopic (exact) mass is 416 g/mol. The second kappa shape index (κ2) is 6.06. The summed E-state index contributed by atoms with van der Waals surface area (Å²) in [6.07, 6.45) is 6.89. The first-order chi connectivity index (χ1) is 14.6. The Balaban J connectivity index is 1.30. The molecule has 4 unspecified atom stereocenters. The van der Waals surface area contributed by atoms with E-state index in [0.29, 0.717) is 5.41 Å². The maximum absolute atomic E-state index is 5.01. The Hall–Kier alpha value is -1.94. The van der Waals surface area contributed by atoms with E-state index >= 15 is 0 Å². The minimum atomic E-state index is 0.567. The van der Waals surface area contributed by atoms with Gasteiger partial charge < -0.3 is 4.90 Å². The quantitative estimate of drug-likeness (QED) is 0.412. The van der Waals surface area contributed by atoms with E-state index in [1.807, 2.05) is 11.3 Å². The van der Waals surface area contributed by atoms with Gasteiger partial charge in [0.05, 0.1) is 20.8 Å². The van der Waals surface area contributed by atoms with Gasteiger partial charge in [0, 0.05) is 41.7 Å². The van der Waals surface area contributed by atoms with Crippen LogP contribution >= 0.6 is 11.3 Å². The molecule has 4 aliphatic heterocycles. The molecule has 2 bridgehead atoms. The van der Waals surface area contributed by atoms with Gasteiger partial charge in [0.15, 0.2) is 0 Å². The molecule has 4 heterocycles. The summed E-state index contributed by atoms with van der Waals surface area (Å²) in [6, 6.07) is 15.4. The van der Waals surface area contributed by atoms with Crippen LogP contribution in [0.5, 0.6) is 0 Å². The highest BCUT2D eigenvalue weighted by atomic mass is 32.1. The summed E-state index contributed by atoms with van der Waals surface area (Å²) in [5, 5.41) is 1.38. The third-order valence-corrected chi connectivity index (χ3v) is 9.92. The second-order valence-electron chi connectivity index (χ2n) is 10.7. The molecule has 3 nitrogen and oxygen atoms in total. The van der Waals surface area contributed by atoms with Crippen molar-refractivity contribution < 1.29 is 0 Å². The van der Waals surface area contributed by atoms with Gasteiger partial charge in [-0.3, -0.25) is 0 Å². The number of hydrogen-bond donors (Lipinski definition) is 0. The molecule has 0 N–H and O–H groups in total. The average molecular weight is 417 g/mol. The van der Waals surface area contributed by atoms with Gasteiger partial charge in [0.25, 0.3) is 0 Å². The van der Waals surface area contributed by atoms with Crippen molar-refractivity contribution in [2.45, 2.75) is 58.0 Å². The van der Waals surface area contributed by atoms with Gasteiger partial charge in [-0.15, -0.1) is 11.3 Å². The predicted molar refractivity (Wildman–Crippen MR) is 125 cm³/mol. The Morgan fingerprint density at radius 3 is 2.50 bits per heavy atom. The highest BCUT2D eigenvalue weighted by molar-refractivity contribution is 7.21. The number of rotatable bonds is 1. The van der Waals surface area contributed by atoms with E-state index in [9.17, 15) is 0 Å². The van der Waals surface area contributed by atoms with E-state index in [-0.39, 0.29) is 0 Å². The van der Waals surface area contributed by atoms with Crippen molar-refractivity contribution in [3.8, 4) is 10.6 Å². The highest BCUT2D eigenvalue weighted by Crippen LogP contribution is 2.60. The molecule has 6 aliphatic rings. The molecule has 1 aromatic carbocycles. The summed E-state index contributed by atoms with van der Waals surface area (Å²) >= 11 is 1.92.